The van der Waals surface area contributed by atoms with Crippen LogP contribution in [-0.4, -0.2) is 34.0 Å². The van der Waals surface area contributed by atoms with E-state index < -0.39 is 0 Å². The number of aliphatic hydroxyl groups excluding tert-OH is 1. The van der Waals surface area contributed by atoms with E-state index in [1.807, 2.05) is 36.4 Å². The van der Waals surface area contributed by atoms with E-state index in [1.165, 1.54) is 5.56 Å². The molecule has 1 aliphatic rings. The Bertz CT molecular complexity index is 1030. The van der Waals surface area contributed by atoms with E-state index >= 15 is 0 Å². The Labute approximate surface area is 170 Å². The van der Waals surface area contributed by atoms with Gasteiger partial charge in [0, 0.05) is 42.6 Å². The van der Waals surface area contributed by atoms with Crippen LogP contribution in [0.2, 0.25) is 0 Å². The van der Waals surface area contributed by atoms with Gasteiger partial charge in [-0.15, -0.1) is 0 Å². The summed E-state index contributed by atoms with van der Waals surface area (Å²) >= 11 is 0. The first-order valence-electron chi connectivity index (χ1n) is 9.85. The number of carbonyl (C=O) groups excluding carboxylic acids is 1. The summed E-state index contributed by atoms with van der Waals surface area (Å²) < 4.78 is 0. The molecule has 29 heavy (non-hydrogen) atoms. The highest BCUT2D eigenvalue weighted by atomic mass is 16.3. The number of nitrogens with zero attached hydrogens (tertiary/aromatic N) is 3. The number of aliphatic hydroxyl groups is 1. The molecule has 0 aliphatic carbocycles. The Kier molecular flexibility index (Phi) is 5.53. The van der Waals surface area contributed by atoms with Gasteiger partial charge in [-0.3, -0.25) is 4.79 Å². The zero-order valence-corrected chi connectivity index (χ0v) is 16.4. The lowest BCUT2D eigenvalue weighted by atomic mass is 9.99. The Morgan fingerprint density at radius 3 is 2.86 bits per heavy atom. The number of benzene rings is 2. The van der Waals surface area contributed by atoms with E-state index in [0.29, 0.717) is 12.8 Å². The average molecular weight is 388 g/mol. The van der Waals surface area contributed by atoms with Crippen LogP contribution >= 0.6 is 0 Å². The lowest BCUT2D eigenvalue weighted by Gasteiger charge is -2.19. The highest BCUT2D eigenvalue weighted by molar-refractivity contribution is 5.99. The molecule has 0 saturated heterocycles. The number of ketones is 1. The Hall–Kier alpha value is -3.25. The third-order valence-electron chi connectivity index (χ3n) is 5.11. The average Bonchev–Trinajstić information content (AvgIpc) is 3.16. The van der Waals surface area contributed by atoms with Crippen LogP contribution in [-0.2, 0) is 6.42 Å². The van der Waals surface area contributed by atoms with Crippen molar-refractivity contribution in [2.75, 3.05) is 23.4 Å². The number of rotatable bonds is 7. The molecule has 0 atom stereocenters. The minimum atomic E-state index is 0.0323. The lowest BCUT2D eigenvalue weighted by molar-refractivity contribution is 0.0970. The SMILES string of the molecule is Cc1cccc(Nc2cc(N3CCc4c(C(=O)CCCO)cccc43)ncn2)c1. The van der Waals surface area contributed by atoms with Crippen LogP contribution in [0.5, 0.6) is 0 Å². The summed E-state index contributed by atoms with van der Waals surface area (Å²) in [5, 5.41) is 12.3. The fraction of sp³-hybridized carbons (Fsp3) is 0.261. The van der Waals surface area contributed by atoms with Gasteiger partial charge in [-0.25, -0.2) is 9.97 Å². The van der Waals surface area contributed by atoms with Crippen LogP contribution < -0.4 is 10.2 Å². The van der Waals surface area contributed by atoms with Gasteiger partial charge in [0.1, 0.15) is 18.0 Å². The van der Waals surface area contributed by atoms with E-state index in [9.17, 15) is 4.79 Å². The highest BCUT2D eigenvalue weighted by Gasteiger charge is 2.26. The number of Topliss-reactive ketones (excluding diaryl/α,β-unsaturated/α-hetero) is 1. The molecule has 6 heteroatoms. The fourth-order valence-corrected chi connectivity index (χ4v) is 3.74. The largest absolute Gasteiger partial charge is 0.396 e. The second kappa shape index (κ2) is 8.41. The van der Waals surface area contributed by atoms with Crippen molar-refractivity contribution in [1.29, 1.82) is 0 Å². The van der Waals surface area contributed by atoms with Crippen LogP contribution in [0.3, 0.4) is 0 Å². The topological polar surface area (TPSA) is 78.4 Å². The predicted molar refractivity (Wildman–Crippen MR) is 114 cm³/mol. The number of carbonyl (C=O) groups is 1. The van der Waals surface area contributed by atoms with Crippen molar-refractivity contribution < 1.29 is 9.90 Å². The molecule has 6 nitrogen and oxygen atoms in total. The van der Waals surface area contributed by atoms with Gasteiger partial charge >= 0.3 is 0 Å². The number of hydrogen-bond acceptors (Lipinski definition) is 6. The molecule has 4 rings (SSSR count). The molecule has 1 aromatic heterocycles. The Balaban J connectivity index is 1.59. The number of hydrogen-bond donors (Lipinski definition) is 2. The summed E-state index contributed by atoms with van der Waals surface area (Å²) in [5.74, 6) is 1.61. The van der Waals surface area contributed by atoms with Crippen molar-refractivity contribution >= 4 is 28.8 Å². The van der Waals surface area contributed by atoms with E-state index in [4.69, 9.17) is 5.11 Å². The molecule has 0 fully saturated rings. The van der Waals surface area contributed by atoms with Gasteiger partial charge in [-0.1, -0.05) is 24.3 Å². The van der Waals surface area contributed by atoms with Crippen LogP contribution in [0, 0.1) is 6.92 Å². The highest BCUT2D eigenvalue weighted by Crippen LogP contribution is 2.36. The third kappa shape index (κ3) is 4.12. The van der Waals surface area contributed by atoms with Crippen LogP contribution in [0.4, 0.5) is 23.0 Å². The second-order valence-corrected chi connectivity index (χ2v) is 7.21. The van der Waals surface area contributed by atoms with Crippen molar-refractivity contribution in [3.63, 3.8) is 0 Å². The molecule has 2 heterocycles. The molecule has 0 spiro atoms. The zero-order chi connectivity index (χ0) is 20.2. The Morgan fingerprint density at radius 1 is 1.17 bits per heavy atom. The number of aryl methyl sites for hydroxylation is 1. The molecular formula is C23H24N4O2. The maximum atomic E-state index is 12.5. The molecular weight excluding hydrogens is 364 g/mol. The minimum Gasteiger partial charge on any atom is -0.396 e. The van der Waals surface area contributed by atoms with Crippen LogP contribution in [0.1, 0.15) is 34.3 Å². The molecule has 0 unspecified atom stereocenters. The molecule has 0 amide bonds. The predicted octanol–water partition coefficient (Wildman–Crippen LogP) is 4.18. The summed E-state index contributed by atoms with van der Waals surface area (Å²) in [6, 6.07) is 15.9. The van der Waals surface area contributed by atoms with Gasteiger partial charge in [0.15, 0.2) is 5.78 Å². The quantitative estimate of drug-likeness (QED) is 0.591. The zero-order valence-electron chi connectivity index (χ0n) is 16.4. The molecule has 2 N–H and O–H groups in total. The lowest BCUT2D eigenvalue weighted by Crippen LogP contribution is -2.15. The van der Waals surface area contributed by atoms with Crippen molar-refractivity contribution in [2.24, 2.45) is 0 Å². The summed E-state index contributed by atoms with van der Waals surface area (Å²) in [6.45, 7) is 2.85. The molecule has 0 radical (unpaired) electrons. The number of aromatic nitrogens is 2. The Morgan fingerprint density at radius 2 is 2.03 bits per heavy atom. The number of anilines is 4. The summed E-state index contributed by atoms with van der Waals surface area (Å²) in [6.07, 6.45) is 3.21. The molecule has 0 bridgehead atoms. The third-order valence-corrected chi connectivity index (χ3v) is 5.11. The van der Waals surface area contributed by atoms with E-state index in [-0.39, 0.29) is 12.4 Å². The van der Waals surface area contributed by atoms with Crippen molar-refractivity contribution in [3.05, 3.63) is 71.5 Å². The number of fused-ring (bicyclic) bond motifs is 1. The second-order valence-electron chi connectivity index (χ2n) is 7.21. The van der Waals surface area contributed by atoms with E-state index in [0.717, 1.165) is 47.1 Å². The molecule has 1 aliphatic heterocycles. The van der Waals surface area contributed by atoms with Crippen molar-refractivity contribution in [1.82, 2.24) is 9.97 Å². The first-order chi connectivity index (χ1) is 14.2. The van der Waals surface area contributed by atoms with Crippen molar-refractivity contribution in [3.8, 4) is 0 Å². The summed E-state index contributed by atoms with van der Waals surface area (Å²) in [5.41, 5.74) is 4.98. The van der Waals surface area contributed by atoms with E-state index in [2.05, 4.69) is 39.2 Å². The van der Waals surface area contributed by atoms with Gasteiger partial charge in [0.05, 0.1) is 0 Å². The summed E-state index contributed by atoms with van der Waals surface area (Å²) in [4.78, 5) is 23.5. The van der Waals surface area contributed by atoms with Gasteiger partial charge in [-0.05, 0) is 49.1 Å². The number of nitrogens with one attached hydrogen (secondary N) is 1. The normalized spacial score (nSPS) is 12.7. The first-order valence-corrected chi connectivity index (χ1v) is 9.85. The smallest absolute Gasteiger partial charge is 0.163 e. The maximum absolute atomic E-state index is 12.5. The molecule has 0 saturated carbocycles. The maximum Gasteiger partial charge on any atom is 0.163 e. The first kappa shape index (κ1) is 19.1. The molecule has 2 aromatic carbocycles. The fourth-order valence-electron chi connectivity index (χ4n) is 3.74. The van der Waals surface area contributed by atoms with Gasteiger partial charge < -0.3 is 15.3 Å². The molecule has 3 aromatic rings. The van der Waals surface area contributed by atoms with E-state index in [1.54, 1.807) is 6.33 Å². The van der Waals surface area contributed by atoms with Crippen LogP contribution in [0.15, 0.2) is 54.9 Å². The van der Waals surface area contributed by atoms with Gasteiger partial charge in [0.25, 0.3) is 0 Å². The standard InChI is InChI=1S/C23H24N4O2/c1-16-5-2-6-17(13-16)26-22-14-23(25-15-24-22)27-11-10-18-19(7-3-8-20(18)27)21(29)9-4-12-28/h2-3,5-8,13-15,28H,4,9-12H2,1H3,(H,24,25,26). The minimum absolute atomic E-state index is 0.0323. The van der Waals surface area contributed by atoms with Crippen molar-refractivity contribution in [2.45, 2.75) is 26.2 Å². The van der Waals surface area contributed by atoms with Gasteiger partial charge in [-0.2, -0.15) is 0 Å². The molecule has 148 valence electrons. The summed E-state index contributed by atoms with van der Waals surface area (Å²) in [7, 11) is 0. The monoisotopic (exact) mass is 388 g/mol. The van der Waals surface area contributed by atoms with Gasteiger partial charge in [0.2, 0.25) is 0 Å². The van der Waals surface area contributed by atoms with Crippen LogP contribution in [0.25, 0.3) is 0 Å².